The molecule has 4 unspecified atom stereocenters. The number of fused-ring (bicyclic) bond motifs is 1. The molecule has 84 valence electrons. The Hall–Kier alpha value is -0.830. The molecule has 1 saturated carbocycles. The minimum Gasteiger partial charge on any atom is -0.478 e. The summed E-state index contributed by atoms with van der Waals surface area (Å²) in [5.41, 5.74) is 0.460. The van der Waals surface area contributed by atoms with Crippen LogP contribution in [-0.2, 0) is 9.53 Å². The van der Waals surface area contributed by atoms with Gasteiger partial charge >= 0.3 is 5.97 Å². The summed E-state index contributed by atoms with van der Waals surface area (Å²) in [4.78, 5) is 10.7. The number of carboxylic acids is 1. The number of hydrogen-bond acceptors (Lipinski definition) is 2. The summed E-state index contributed by atoms with van der Waals surface area (Å²) in [5, 5.41) is 8.80. The van der Waals surface area contributed by atoms with Crippen molar-refractivity contribution in [2.45, 2.75) is 45.3 Å². The second-order valence-electron chi connectivity index (χ2n) is 4.80. The molecule has 1 saturated heterocycles. The molecule has 15 heavy (non-hydrogen) atoms. The van der Waals surface area contributed by atoms with Gasteiger partial charge in [0, 0.05) is 5.57 Å². The first-order valence-electron chi connectivity index (χ1n) is 5.65. The summed E-state index contributed by atoms with van der Waals surface area (Å²) >= 11 is 0. The molecule has 1 aliphatic carbocycles. The van der Waals surface area contributed by atoms with Gasteiger partial charge in [0.1, 0.15) is 0 Å². The SMILES string of the molecule is CC(=CC(C)C1CCC2OC2C1)C(=O)O. The average Bonchev–Trinajstić information content (AvgIpc) is 2.94. The fourth-order valence-corrected chi connectivity index (χ4v) is 2.51. The summed E-state index contributed by atoms with van der Waals surface area (Å²) in [6.45, 7) is 3.78. The second-order valence-corrected chi connectivity index (χ2v) is 4.80. The molecule has 0 amide bonds. The molecule has 3 nitrogen and oxygen atoms in total. The lowest BCUT2D eigenvalue weighted by Crippen LogP contribution is -2.19. The fraction of sp³-hybridized carbons (Fsp3) is 0.750. The first-order chi connectivity index (χ1) is 7.08. The van der Waals surface area contributed by atoms with Crippen LogP contribution in [0.3, 0.4) is 0 Å². The molecule has 1 N–H and O–H groups in total. The van der Waals surface area contributed by atoms with Crippen LogP contribution in [0.15, 0.2) is 11.6 Å². The fourth-order valence-electron chi connectivity index (χ4n) is 2.51. The Morgan fingerprint density at radius 3 is 2.80 bits per heavy atom. The second kappa shape index (κ2) is 3.97. The van der Waals surface area contributed by atoms with Gasteiger partial charge in [-0.05, 0) is 38.0 Å². The van der Waals surface area contributed by atoms with Gasteiger partial charge in [0.05, 0.1) is 12.2 Å². The van der Waals surface area contributed by atoms with Crippen molar-refractivity contribution in [1.29, 1.82) is 0 Å². The summed E-state index contributed by atoms with van der Waals surface area (Å²) in [6.07, 6.45) is 6.32. The first-order valence-corrected chi connectivity index (χ1v) is 5.65. The molecule has 1 heterocycles. The molecular weight excluding hydrogens is 192 g/mol. The van der Waals surface area contributed by atoms with Gasteiger partial charge < -0.3 is 9.84 Å². The van der Waals surface area contributed by atoms with Crippen LogP contribution in [0.5, 0.6) is 0 Å². The molecule has 1 aliphatic heterocycles. The Morgan fingerprint density at radius 1 is 1.47 bits per heavy atom. The van der Waals surface area contributed by atoms with Gasteiger partial charge in [0.2, 0.25) is 0 Å². The highest BCUT2D eigenvalue weighted by Crippen LogP contribution is 2.42. The van der Waals surface area contributed by atoms with E-state index in [0.717, 1.165) is 12.8 Å². The van der Waals surface area contributed by atoms with Gasteiger partial charge in [-0.2, -0.15) is 0 Å². The van der Waals surface area contributed by atoms with Crippen LogP contribution in [0.2, 0.25) is 0 Å². The minimum atomic E-state index is -0.807. The van der Waals surface area contributed by atoms with Crippen molar-refractivity contribution in [3.05, 3.63) is 11.6 Å². The lowest BCUT2D eigenvalue weighted by Gasteiger charge is -2.23. The van der Waals surface area contributed by atoms with Crippen molar-refractivity contribution in [2.75, 3.05) is 0 Å². The molecular formula is C12H18O3. The van der Waals surface area contributed by atoms with Crippen molar-refractivity contribution in [1.82, 2.24) is 0 Å². The van der Waals surface area contributed by atoms with Crippen LogP contribution < -0.4 is 0 Å². The highest BCUT2D eigenvalue weighted by Gasteiger charge is 2.44. The number of aliphatic carboxylic acids is 1. The molecule has 0 aromatic rings. The highest BCUT2D eigenvalue weighted by atomic mass is 16.6. The number of epoxide rings is 1. The van der Waals surface area contributed by atoms with E-state index in [0.29, 0.717) is 29.6 Å². The standard InChI is InChI=1S/C12H18O3/c1-7(5-8(2)12(13)14)9-3-4-10-11(6-9)15-10/h5,7,9-11H,3-4,6H2,1-2H3,(H,13,14). The van der Waals surface area contributed by atoms with E-state index in [4.69, 9.17) is 9.84 Å². The van der Waals surface area contributed by atoms with E-state index in [2.05, 4.69) is 6.92 Å². The number of carbonyl (C=O) groups is 1. The van der Waals surface area contributed by atoms with E-state index in [1.54, 1.807) is 6.92 Å². The van der Waals surface area contributed by atoms with Crippen molar-refractivity contribution < 1.29 is 14.6 Å². The quantitative estimate of drug-likeness (QED) is 0.574. The maximum Gasteiger partial charge on any atom is 0.330 e. The molecule has 2 rings (SSSR count). The van der Waals surface area contributed by atoms with Crippen LogP contribution in [0, 0.1) is 11.8 Å². The maximum atomic E-state index is 10.7. The van der Waals surface area contributed by atoms with Gasteiger partial charge in [-0.3, -0.25) is 0 Å². The largest absolute Gasteiger partial charge is 0.478 e. The molecule has 2 aliphatic rings. The Labute approximate surface area is 90.1 Å². The molecule has 3 heteroatoms. The third-order valence-electron chi connectivity index (χ3n) is 3.64. The average molecular weight is 210 g/mol. The topological polar surface area (TPSA) is 49.8 Å². The number of hydrogen-bond donors (Lipinski definition) is 1. The smallest absolute Gasteiger partial charge is 0.330 e. The zero-order valence-corrected chi connectivity index (χ0v) is 9.27. The molecule has 4 atom stereocenters. The van der Waals surface area contributed by atoms with E-state index >= 15 is 0 Å². The van der Waals surface area contributed by atoms with Crippen molar-refractivity contribution in [2.24, 2.45) is 11.8 Å². The maximum absolute atomic E-state index is 10.7. The normalized spacial score (nSPS) is 36.9. The van der Waals surface area contributed by atoms with E-state index in [-0.39, 0.29) is 0 Å². The molecule has 0 aromatic heterocycles. The predicted molar refractivity (Wildman–Crippen MR) is 56.6 cm³/mol. The molecule has 0 radical (unpaired) electrons. The number of ether oxygens (including phenoxy) is 1. The Morgan fingerprint density at radius 2 is 2.20 bits per heavy atom. The first kappa shape index (κ1) is 10.7. The van der Waals surface area contributed by atoms with Crippen LogP contribution in [0.25, 0.3) is 0 Å². The van der Waals surface area contributed by atoms with Gasteiger partial charge in [0.15, 0.2) is 0 Å². The van der Waals surface area contributed by atoms with Gasteiger partial charge in [-0.15, -0.1) is 0 Å². The lowest BCUT2D eigenvalue weighted by atomic mass is 9.80. The molecule has 0 bridgehead atoms. The van der Waals surface area contributed by atoms with Crippen LogP contribution in [0.4, 0.5) is 0 Å². The number of rotatable bonds is 3. The van der Waals surface area contributed by atoms with Crippen molar-refractivity contribution in [3.8, 4) is 0 Å². The van der Waals surface area contributed by atoms with Crippen molar-refractivity contribution >= 4 is 5.97 Å². The Kier molecular flexibility index (Phi) is 2.83. The van der Waals surface area contributed by atoms with Crippen LogP contribution >= 0.6 is 0 Å². The van der Waals surface area contributed by atoms with Crippen LogP contribution in [0.1, 0.15) is 33.1 Å². The molecule has 2 fully saturated rings. The zero-order chi connectivity index (χ0) is 11.0. The van der Waals surface area contributed by atoms with Crippen LogP contribution in [-0.4, -0.2) is 23.3 Å². The predicted octanol–water partition coefficient (Wildman–Crippen LogP) is 2.22. The summed E-state index contributed by atoms with van der Waals surface area (Å²) < 4.78 is 5.47. The van der Waals surface area contributed by atoms with Gasteiger partial charge in [-0.1, -0.05) is 13.0 Å². The molecule has 0 aromatic carbocycles. The Bertz CT molecular complexity index is 295. The summed E-state index contributed by atoms with van der Waals surface area (Å²) in [6, 6.07) is 0. The number of carboxylic acid groups (broad SMARTS) is 1. The van der Waals surface area contributed by atoms with Gasteiger partial charge in [-0.25, -0.2) is 4.79 Å². The third-order valence-corrected chi connectivity index (χ3v) is 3.64. The third kappa shape index (κ3) is 2.40. The van der Waals surface area contributed by atoms with Gasteiger partial charge in [0.25, 0.3) is 0 Å². The van der Waals surface area contributed by atoms with E-state index in [1.807, 2.05) is 6.08 Å². The highest BCUT2D eigenvalue weighted by molar-refractivity contribution is 5.85. The zero-order valence-electron chi connectivity index (χ0n) is 9.27. The minimum absolute atomic E-state index is 0.353. The van der Waals surface area contributed by atoms with E-state index in [9.17, 15) is 4.79 Å². The van der Waals surface area contributed by atoms with E-state index in [1.165, 1.54) is 6.42 Å². The van der Waals surface area contributed by atoms with Crippen molar-refractivity contribution in [3.63, 3.8) is 0 Å². The summed E-state index contributed by atoms with van der Waals surface area (Å²) in [5.74, 6) is 0.146. The summed E-state index contributed by atoms with van der Waals surface area (Å²) in [7, 11) is 0. The monoisotopic (exact) mass is 210 g/mol. The van der Waals surface area contributed by atoms with E-state index < -0.39 is 5.97 Å². The molecule has 0 spiro atoms. The lowest BCUT2D eigenvalue weighted by molar-refractivity contribution is -0.132. The number of allylic oxidation sites excluding steroid dienone is 1. The Balaban J connectivity index is 1.92.